The van der Waals surface area contributed by atoms with Crippen LogP contribution in [-0.2, 0) is 6.42 Å². The van der Waals surface area contributed by atoms with Gasteiger partial charge >= 0.3 is 0 Å². The van der Waals surface area contributed by atoms with Crippen LogP contribution >= 0.6 is 0 Å². The molecule has 3 rings (SSSR count). The Morgan fingerprint density at radius 1 is 1.24 bits per heavy atom. The van der Waals surface area contributed by atoms with Crippen LogP contribution < -0.4 is 11.0 Å². The minimum absolute atomic E-state index is 0.175. The second-order valence-electron chi connectivity index (χ2n) is 5.27. The monoisotopic (exact) mass is 282 g/mol. The molecule has 5 nitrogen and oxygen atoms in total. The van der Waals surface area contributed by atoms with E-state index in [0.717, 1.165) is 25.0 Å². The molecule has 2 aromatic rings. The van der Waals surface area contributed by atoms with Gasteiger partial charge in [0.15, 0.2) is 0 Å². The maximum atomic E-state index is 11.4. The Balaban J connectivity index is 1.90. The van der Waals surface area contributed by atoms with E-state index in [1.165, 1.54) is 23.6 Å². The second-order valence-corrected chi connectivity index (χ2v) is 5.27. The molecule has 0 unspecified atom stereocenters. The molecule has 0 bridgehead atoms. The van der Waals surface area contributed by atoms with Crippen molar-refractivity contribution in [2.24, 2.45) is 5.10 Å². The zero-order chi connectivity index (χ0) is 14.7. The number of nitrogens with one attached hydrogen (secondary N) is 2. The van der Waals surface area contributed by atoms with Gasteiger partial charge in [-0.05, 0) is 38.2 Å². The molecule has 0 radical (unpaired) electrons. The number of hydrazone groups is 1. The lowest BCUT2D eigenvalue weighted by Gasteiger charge is -2.08. The van der Waals surface area contributed by atoms with Gasteiger partial charge in [-0.15, -0.1) is 0 Å². The molecule has 1 aliphatic rings. The number of rotatable bonds is 2. The van der Waals surface area contributed by atoms with Gasteiger partial charge in [-0.25, -0.2) is 10.4 Å². The fraction of sp³-hybridized carbons (Fsp3) is 0.312. The molecular weight excluding hydrogens is 264 g/mol. The van der Waals surface area contributed by atoms with Gasteiger partial charge in [0, 0.05) is 17.3 Å². The highest BCUT2D eigenvalue weighted by molar-refractivity contribution is 6.02. The first-order valence-corrected chi connectivity index (χ1v) is 7.21. The number of hydrogen-bond acceptors (Lipinski definition) is 4. The molecule has 2 N–H and O–H groups in total. The summed E-state index contributed by atoms with van der Waals surface area (Å²) in [7, 11) is 0. The van der Waals surface area contributed by atoms with Crippen molar-refractivity contribution in [2.75, 3.05) is 5.43 Å². The molecule has 0 saturated carbocycles. The van der Waals surface area contributed by atoms with Crippen molar-refractivity contribution in [3.8, 4) is 0 Å². The zero-order valence-electron chi connectivity index (χ0n) is 12.0. The third-order valence-corrected chi connectivity index (χ3v) is 3.60. The van der Waals surface area contributed by atoms with E-state index in [1.807, 2.05) is 6.07 Å². The smallest absolute Gasteiger partial charge is 0.252 e. The summed E-state index contributed by atoms with van der Waals surface area (Å²) in [5, 5.41) is 4.47. The second kappa shape index (κ2) is 5.91. The van der Waals surface area contributed by atoms with Crippen LogP contribution in [0.5, 0.6) is 0 Å². The summed E-state index contributed by atoms with van der Waals surface area (Å²) in [4.78, 5) is 18.3. The van der Waals surface area contributed by atoms with Crippen molar-refractivity contribution >= 4 is 11.7 Å². The van der Waals surface area contributed by atoms with Gasteiger partial charge < -0.3 is 0 Å². The first kappa shape index (κ1) is 13.5. The average Bonchev–Trinajstić information content (AvgIpc) is 2.66. The molecule has 0 spiro atoms. The van der Waals surface area contributed by atoms with Crippen molar-refractivity contribution < 1.29 is 0 Å². The molecule has 1 aromatic heterocycles. The topological polar surface area (TPSA) is 70.1 Å². The van der Waals surface area contributed by atoms with E-state index in [4.69, 9.17) is 0 Å². The van der Waals surface area contributed by atoms with Gasteiger partial charge in [0.25, 0.3) is 5.56 Å². The Hall–Kier alpha value is -2.43. The summed E-state index contributed by atoms with van der Waals surface area (Å²) in [5.74, 6) is 0.384. The van der Waals surface area contributed by atoms with E-state index >= 15 is 0 Å². The summed E-state index contributed by atoms with van der Waals surface area (Å²) in [6.07, 6.45) is 4.32. The Kier molecular flexibility index (Phi) is 3.81. The summed E-state index contributed by atoms with van der Waals surface area (Å²) in [6, 6.07) is 9.82. The fourth-order valence-corrected chi connectivity index (χ4v) is 2.63. The van der Waals surface area contributed by atoms with E-state index in [0.29, 0.717) is 11.6 Å². The largest absolute Gasteiger partial charge is 0.291 e. The first-order valence-electron chi connectivity index (χ1n) is 7.21. The molecule has 1 aromatic carbocycles. The lowest BCUT2D eigenvalue weighted by Crippen LogP contribution is -2.12. The van der Waals surface area contributed by atoms with E-state index in [9.17, 15) is 4.79 Å². The Bertz CT molecular complexity index is 733. The zero-order valence-corrected chi connectivity index (χ0v) is 12.0. The van der Waals surface area contributed by atoms with Crippen molar-refractivity contribution in [3.05, 3.63) is 57.5 Å². The minimum Gasteiger partial charge on any atom is -0.291 e. The maximum absolute atomic E-state index is 11.4. The number of aryl methyl sites for hydroxylation is 2. The van der Waals surface area contributed by atoms with Gasteiger partial charge in [-0.1, -0.05) is 24.3 Å². The standard InChI is InChI=1S/C16H18N4O/c1-11-10-15(21)18-16(17-11)20-19-14-9-5-3-7-12-6-2-4-8-13(12)14/h2,4,6,8,10H,3,5,7,9H2,1H3,(H2,17,18,20,21). The van der Waals surface area contributed by atoms with E-state index in [-0.39, 0.29) is 5.56 Å². The van der Waals surface area contributed by atoms with Crippen LogP contribution in [0.15, 0.2) is 40.2 Å². The van der Waals surface area contributed by atoms with Crippen LogP contribution in [0.4, 0.5) is 5.95 Å². The van der Waals surface area contributed by atoms with Gasteiger partial charge in [0.1, 0.15) is 0 Å². The molecule has 0 amide bonds. The summed E-state index contributed by atoms with van der Waals surface area (Å²) in [5.41, 5.74) is 6.93. The lowest BCUT2D eigenvalue weighted by molar-refractivity contribution is 0.775. The molecule has 0 saturated heterocycles. The number of anilines is 1. The molecular formula is C16H18N4O. The molecule has 108 valence electrons. The Morgan fingerprint density at radius 2 is 2.05 bits per heavy atom. The molecule has 0 fully saturated rings. The summed E-state index contributed by atoms with van der Waals surface area (Å²) >= 11 is 0. The van der Waals surface area contributed by atoms with Crippen LogP contribution in [-0.4, -0.2) is 15.7 Å². The third-order valence-electron chi connectivity index (χ3n) is 3.60. The lowest BCUT2D eigenvalue weighted by atomic mass is 10.0. The fourth-order valence-electron chi connectivity index (χ4n) is 2.63. The summed E-state index contributed by atoms with van der Waals surface area (Å²) < 4.78 is 0. The van der Waals surface area contributed by atoms with Gasteiger partial charge in [-0.2, -0.15) is 5.10 Å². The van der Waals surface area contributed by atoms with Gasteiger partial charge in [0.2, 0.25) is 5.95 Å². The van der Waals surface area contributed by atoms with Crippen LogP contribution in [0.25, 0.3) is 0 Å². The highest BCUT2D eigenvalue weighted by Gasteiger charge is 2.13. The number of nitrogens with zero attached hydrogens (tertiary/aromatic N) is 2. The van der Waals surface area contributed by atoms with Crippen molar-refractivity contribution in [1.82, 2.24) is 9.97 Å². The van der Waals surface area contributed by atoms with Gasteiger partial charge in [0.05, 0.1) is 5.71 Å². The average molecular weight is 282 g/mol. The third kappa shape index (κ3) is 3.18. The number of hydrogen-bond donors (Lipinski definition) is 2. The van der Waals surface area contributed by atoms with Crippen LogP contribution in [0.2, 0.25) is 0 Å². The van der Waals surface area contributed by atoms with Crippen molar-refractivity contribution in [3.63, 3.8) is 0 Å². The van der Waals surface area contributed by atoms with E-state index < -0.39 is 0 Å². The molecule has 0 aliphatic heterocycles. The predicted molar refractivity (Wildman–Crippen MR) is 83.8 cm³/mol. The normalized spacial score (nSPS) is 16.3. The molecule has 0 atom stereocenters. The number of H-pyrrole nitrogens is 1. The van der Waals surface area contributed by atoms with Crippen LogP contribution in [0.1, 0.15) is 36.1 Å². The van der Waals surface area contributed by atoms with E-state index in [1.54, 1.807) is 6.92 Å². The number of benzene rings is 1. The Labute approximate surface area is 123 Å². The maximum Gasteiger partial charge on any atom is 0.252 e. The molecule has 1 heterocycles. The van der Waals surface area contributed by atoms with Crippen molar-refractivity contribution in [2.45, 2.75) is 32.6 Å². The molecule has 1 aliphatic carbocycles. The highest BCUT2D eigenvalue weighted by atomic mass is 16.1. The Morgan fingerprint density at radius 3 is 2.90 bits per heavy atom. The van der Waals surface area contributed by atoms with Crippen molar-refractivity contribution in [1.29, 1.82) is 0 Å². The quantitative estimate of drug-likeness (QED) is 0.657. The number of aromatic nitrogens is 2. The highest BCUT2D eigenvalue weighted by Crippen LogP contribution is 2.21. The van der Waals surface area contributed by atoms with Crippen LogP contribution in [0, 0.1) is 6.92 Å². The minimum atomic E-state index is -0.175. The molecule has 21 heavy (non-hydrogen) atoms. The van der Waals surface area contributed by atoms with E-state index in [2.05, 4.69) is 38.7 Å². The van der Waals surface area contributed by atoms with Gasteiger partial charge in [-0.3, -0.25) is 9.78 Å². The SMILES string of the molecule is Cc1cc(=O)[nH]c(NN=C2CCCCc3ccccc32)n1. The molecule has 5 heteroatoms. The summed E-state index contributed by atoms with van der Waals surface area (Å²) in [6.45, 7) is 1.79. The number of fused-ring (bicyclic) bond motifs is 1. The number of aromatic amines is 1. The first-order chi connectivity index (χ1) is 10.2. The predicted octanol–water partition coefficient (Wildman–Crippen LogP) is 2.62. The van der Waals surface area contributed by atoms with Crippen LogP contribution in [0.3, 0.4) is 0 Å².